The van der Waals surface area contributed by atoms with Crippen molar-refractivity contribution in [2.45, 2.75) is 39.8 Å². The summed E-state index contributed by atoms with van der Waals surface area (Å²) in [6.45, 7) is 9.94. The van der Waals surface area contributed by atoms with Crippen molar-refractivity contribution in [1.29, 1.82) is 0 Å². The molecule has 2 aromatic rings. The van der Waals surface area contributed by atoms with E-state index >= 15 is 0 Å². The molecule has 0 aromatic carbocycles. The Morgan fingerprint density at radius 3 is 2.57 bits per heavy atom. The highest BCUT2D eigenvalue weighted by Gasteiger charge is 2.37. The van der Waals surface area contributed by atoms with E-state index in [4.69, 9.17) is 5.10 Å². The van der Waals surface area contributed by atoms with Gasteiger partial charge in [0.2, 0.25) is 0 Å². The molecular formula is C16H21BrN4. The predicted octanol–water partition coefficient (Wildman–Crippen LogP) is 3.96. The number of pyridine rings is 1. The van der Waals surface area contributed by atoms with E-state index in [1.54, 1.807) is 0 Å². The van der Waals surface area contributed by atoms with Gasteiger partial charge in [-0.05, 0) is 46.0 Å². The summed E-state index contributed by atoms with van der Waals surface area (Å²) in [7, 11) is 0. The number of rotatable bonds is 1. The fraction of sp³-hybridized carbons (Fsp3) is 0.500. The van der Waals surface area contributed by atoms with Gasteiger partial charge >= 0.3 is 0 Å². The van der Waals surface area contributed by atoms with Gasteiger partial charge in [-0.2, -0.15) is 5.10 Å². The van der Waals surface area contributed by atoms with Crippen molar-refractivity contribution in [2.75, 3.05) is 6.54 Å². The van der Waals surface area contributed by atoms with E-state index in [9.17, 15) is 0 Å². The molecule has 5 heteroatoms. The summed E-state index contributed by atoms with van der Waals surface area (Å²) in [5.41, 5.74) is 3.72. The maximum Gasteiger partial charge on any atom is 0.136 e. The maximum absolute atomic E-state index is 4.75. The van der Waals surface area contributed by atoms with Crippen LogP contribution in [0, 0.1) is 5.41 Å². The van der Waals surface area contributed by atoms with Gasteiger partial charge in [0, 0.05) is 24.5 Å². The summed E-state index contributed by atoms with van der Waals surface area (Å²) < 4.78 is 3.08. The Balaban J connectivity index is 2.23. The summed E-state index contributed by atoms with van der Waals surface area (Å²) in [5.74, 6) is 0. The van der Waals surface area contributed by atoms with E-state index in [-0.39, 0.29) is 11.5 Å². The van der Waals surface area contributed by atoms with Crippen LogP contribution in [0.5, 0.6) is 0 Å². The van der Waals surface area contributed by atoms with Crippen molar-refractivity contribution < 1.29 is 0 Å². The van der Waals surface area contributed by atoms with Crippen LogP contribution in [0.3, 0.4) is 0 Å². The second-order valence-corrected chi connectivity index (χ2v) is 7.54. The topological polar surface area (TPSA) is 42.7 Å². The predicted molar refractivity (Wildman–Crippen MR) is 88.1 cm³/mol. The second kappa shape index (κ2) is 5.21. The monoisotopic (exact) mass is 348 g/mol. The lowest BCUT2D eigenvalue weighted by Gasteiger charge is -2.38. The van der Waals surface area contributed by atoms with Crippen LogP contribution in [0.15, 0.2) is 29.1 Å². The highest BCUT2D eigenvalue weighted by Crippen LogP contribution is 2.44. The SMILES string of the molecule is CC1CNC(C(C)(C)C)c2c(-c3ccncc3)c(Br)nn21. The van der Waals surface area contributed by atoms with Crippen LogP contribution in [-0.4, -0.2) is 21.3 Å². The Morgan fingerprint density at radius 1 is 1.29 bits per heavy atom. The zero-order valence-electron chi connectivity index (χ0n) is 12.9. The number of hydrogen-bond acceptors (Lipinski definition) is 3. The molecule has 1 aliphatic rings. The summed E-state index contributed by atoms with van der Waals surface area (Å²) in [6, 6.07) is 4.71. The molecule has 0 bridgehead atoms. The maximum atomic E-state index is 4.75. The van der Waals surface area contributed by atoms with Gasteiger partial charge in [-0.3, -0.25) is 9.67 Å². The Kier molecular flexibility index (Phi) is 3.66. The first-order valence-electron chi connectivity index (χ1n) is 7.31. The van der Waals surface area contributed by atoms with Crippen molar-refractivity contribution in [3.05, 3.63) is 34.8 Å². The standard InChI is InChI=1S/C16H21BrN4/c1-10-9-19-14(16(2,3)4)13-12(15(17)20-21(10)13)11-5-7-18-8-6-11/h5-8,10,14,19H,9H2,1-4H3. The fourth-order valence-electron chi connectivity index (χ4n) is 3.00. The molecule has 0 amide bonds. The molecule has 21 heavy (non-hydrogen) atoms. The van der Waals surface area contributed by atoms with Gasteiger partial charge in [-0.15, -0.1) is 0 Å². The molecule has 0 radical (unpaired) electrons. The molecule has 2 aromatic heterocycles. The largest absolute Gasteiger partial charge is 0.306 e. The number of hydrogen-bond donors (Lipinski definition) is 1. The summed E-state index contributed by atoms with van der Waals surface area (Å²) in [5, 5.41) is 8.44. The number of aromatic nitrogens is 3. The second-order valence-electron chi connectivity index (χ2n) is 6.79. The van der Waals surface area contributed by atoms with Crippen molar-refractivity contribution in [2.24, 2.45) is 5.41 Å². The first-order valence-corrected chi connectivity index (χ1v) is 8.10. The lowest BCUT2D eigenvalue weighted by molar-refractivity contribution is 0.215. The molecule has 0 saturated heterocycles. The molecule has 1 aliphatic heterocycles. The molecule has 0 spiro atoms. The lowest BCUT2D eigenvalue weighted by atomic mass is 9.81. The Labute approximate surface area is 134 Å². The third kappa shape index (κ3) is 2.53. The third-order valence-electron chi connectivity index (χ3n) is 4.05. The van der Waals surface area contributed by atoms with Gasteiger partial charge in [0.25, 0.3) is 0 Å². The van der Waals surface area contributed by atoms with Crippen LogP contribution in [0.25, 0.3) is 11.1 Å². The van der Waals surface area contributed by atoms with Crippen LogP contribution < -0.4 is 5.32 Å². The lowest BCUT2D eigenvalue weighted by Crippen LogP contribution is -2.42. The normalized spacial score (nSPS) is 22.1. The van der Waals surface area contributed by atoms with Crippen LogP contribution in [-0.2, 0) is 0 Å². The molecule has 0 saturated carbocycles. The van der Waals surface area contributed by atoms with Gasteiger partial charge in [-0.1, -0.05) is 20.8 Å². The average Bonchev–Trinajstić information content (AvgIpc) is 2.76. The number of fused-ring (bicyclic) bond motifs is 1. The Morgan fingerprint density at radius 2 is 1.95 bits per heavy atom. The van der Waals surface area contributed by atoms with E-state index in [1.807, 2.05) is 24.5 Å². The van der Waals surface area contributed by atoms with Crippen LogP contribution in [0.2, 0.25) is 0 Å². The highest BCUT2D eigenvalue weighted by atomic mass is 79.9. The molecule has 112 valence electrons. The van der Waals surface area contributed by atoms with Gasteiger partial charge in [0.05, 0.1) is 17.8 Å². The molecule has 0 aliphatic carbocycles. The van der Waals surface area contributed by atoms with Crippen molar-refractivity contribution in [1.82, 2.24) is 20.1 Å². The molecule has 2 atom stereocenters. The average molecular weight is 349 g/mol. The van der Waals surface area contributed by atoms with Gasteiger partial charge in [0.15, 0.2) is 0 Å². The molecule has 4 nitrogen and oxygen atoms in total. The first kappa shape index (κ1) is 14.7. The third-order valence-corrected chi connectivity index (χ3v) is 4.60. The summed E-state index contributed by atoms with van der Waals surface area (Å²) >= 11 is 3.66. The van der Waals surface area contributed by atoms with E-state index in [1.165, 1.54) is 11.3 Å². The molecule has 3 rings (SSSR count). The van der Waals surface area contributed by atoms with E-state index in [0.717, 1.165) is 16.7 Å². The molecular weight excluding hydrogens is 328 g/mol. The van der Waals surface area contributed by atoms with E-state index in [0.29, 0.717) is 6.04 Å². The smallest absolute Gasteiger partial charge is 0.136 e. The number of halogens is 1. The fourth-order valence-corrected chi connectivity index (χ4v) is 3.61. The van der Waals surface area contributed by atoms with E-state index < -0.39 is 0 Å². The van der Waals surface area contributed by atoms with Crippen molar-refractivity contribution in [3.63, 3.8) is 0 Å². The van der Waals surface area contributed by atoms with Gasteiger partial charge < -0.3 is 5.32 Å². The molecule has 2 unspecified atom stereocenters. The molecule has 0 fully saturated rings. The molecule has 1 N–H and O–H groups in total. The summed E-state index contributed by atoms with van der Waals surface area (Å²) in [4.78, 5) is 4.12. The van der Waals surface area contributed by atoms with Crippen molar-refractivity contribution >= 4 is 15.9 Å². The Hall–Kier alpha value is -1.20. The minimum atomic E-state index is 0.124. The number of nitrogens with one attached hydrogen (secondary N) is 1. The minimum Gasteiger partial charge on any atom is -0.306 e. The molecule has 3 heterocycles. The van der Waals surface area contributed by atoms with Gasteiger partial charge in [-0.25, -0.2) is 0 Å². The van der Waals surface area contributed by atoms with Crippen LogP contribution in [0.1, 0.15) is 45.5 Å². The summed E-state index contributed by atoms with van der Waals surface area (Å²) in [6.07, 6.45) is 3.66. The first-order chi connectivity index (χ1) is 9.89. The zero-order valence-corrected chi connectivity index (χ0v) is 14.5. The quantitative estimate of drug-likeness (QED) is 0.848. The van der Waals surface area contributed by atoms with Crippen LogP contribution in [0.4, 0.5) is 0 Å². The number of nitrogens with zero attached hydrogens (tertiary/aromatic N) is 3. The minimum absolute atomic E-state index is 0.124. The van der Waals surface area contributed by atoms with Crippen molar-refractivity contribution in [3.8, 4) is 11.1 Å². The Bertz CT molecular complexity index is 642. The van der Waals surface area contributed by atoms with E-state index in [2.05, 4.69) is 58.6 Å². The van der Waals surface area contributed by atoms with Gasteiger partial charge in [0.1, 0.15) is 4.60 Å². The van der Waals surface area contributed by atoms with Crippen LogP contribution >= 0.6 is 15.9 Å². The highest BCUT2D eigenvalue weighted by molar-refractivity contribution is 9.10. The zero-order chi connectivity index (χ0) is 15.2.